The van der Waals surface area contributed by atoms with Gasteiger partial charge in [-0.3, -0.25) is 4.79 Å². The molecule has 0 bridgehead atoms. The van der Waals surface area contributed by atoms with Crippen LogP contribution in [0.15, 0.2) is 5.16 Å². The number of nitrogens with zero attached hydrogens (tertiary/aromatic N) is 1. The zero-order valence-electron chi connectivity index (χ0n) is 10.1. The zero-order chi connectivity index (χ0) is 13.1. The first-order valence-corrected chi connectivity index (χ1v) is 6.19. The molecule has 2 N–H and O–H groups in total. The highest BCUT2D eigenvalue weighted by molar-refractivity contribution is 6.32. The number of hydrogen-bond acceptors (Lipinski definition) is 4. The van der Waals surface area contributed by atoms with Crippen molar-refractivity contribution in [1.82, 2.24) is 0 Å². The lowest BCUT2D eigenvalue weighted by Gasteiger charge is -2.15. The molecule has 0 aromatic rings. The molecule has 1 aliphatic rings. The van der Waals surface area contributed by atoms with Crippen LogP contribution in [-0.4, -0.2) is 40.6 Å². The van der Waals surface area contributed by atoms with Crippen molar-refractivity contribution in [3.05, 3.63) is 0 Å². The van der Waals surface area contributed by atoms with E-state index in [0.29, 0.717) is 13.2 Å². The van der Waals surface area contributed by atoms with E-state index in [9.17, 15) is 4.79 Å². The van der Waals surface area contributed by atoms with Gasteiger partial charge in [0.05, 0.1) is 24.1 Å². The molecule has 0 spiro atoms. The maximum absolute atomic E-state index is 9.79. The number of alkyl halides is 1. The molecule has 1 atom stereocenters. The summed E-state index contributed by atoms with van der Waals surface area (Å²) in [4.78, 5) is 9.79. The van der Waals surface area contributed by atoms with Crippen LogP contribution in [0.3, 0.4) is 0 Å². The van der Waals surface area contributed by atoms with Crippen LogP contribution in [-0.2, 0) is 9.53 Å². The van der Waals surface area contributed by atoms with Gasteiger partial charge in [0.1, 0.15) is 0 Å². The van der Waals surface area contributed by atoms with Crippen molar-refractivity contribution in [2.75, 3.05) is 13.2 Å². The largest absolute Gasteiger partial charge is 0.481 e. The highest BCUT2D eigenvalue weighted by atomic mass is 35.5. The lowest BCUT2D eigenvalue weighted by atomic mass is 9.98. The van der Waals surface area contributed by atoms with Crippen molar-refractivity contribution in [3.8, 4) is 0 Å². The molecule has 100 valence electrons. The van der Waals surface area contributed by atoms with Crippen molar-refractivity contribution in [3.63, 3.8) is 0 Å². The number of aliphatic carboxylic acids is 1. The Morgan fingerprint density at radius 1 is 1.59 bits per heavy atom. The number of carbonyl (C=O) groups is 1. The number of carboxylic acids is 1. The summed E-state index contributed by atoms with van der Waals surface area (Å²) in [5, 5.41) is 19.5. The Hall–Kier alpha value is -0.810. The van der Waals surface area contributed by atoms with E-state index >= 15 is 0 Å². The first-order chi connectivity index (χ1) is 8.11. The van der Waals surface area contributed by atoms with E-state index in [1.807, 2.05) is 6.92 Å². The number of oxime groups is 1. The Balaban J connectivity index is 0.000000304. The van der Waals surface area contributed by atoms with E-state index in [0.717, 1.165) is 31.4 Å². The van der Waals surface area contributed by atoms with Crippen molar-refractivity contribution < 1.29 is 19.8 Å². The average molecular weight is 266 g/mol. The monoisotopic (exact) mass is 265 g/mol. The number of halogens is 1. The Morgan fingerprint density at radius 3 is 2.71 bits per heavy atom. The molecular weight excluding hydrogens is 246 g/mol. The smallest absolute Gasteiger partial charge is 0.305 e. The Morgan fingerprint density at radius 2 is 2.29 bits per heavy atom. The summed E-state index contributed by atoms with van der Waals surface area (Å²) < 4.78 is 4.76. The Labute approximate surface area is 106 Å². The molecule has 0 aromatic carbocycles. The molecule has 0 aliphatic heterocycles. The van der Waals surface area contributed by atoms with Gasteiger partial charge in [-0.1, -0.05) is 11.6 Å². The molecule has 0 saturated heterocycles. The van der Waals surface area contributed by atoms with Crippen molar-refractivity contribution in [2.45, 2.75) is 44.4 Å². The highest BCUT2D eigenvalue weighted by Gasteiger charge is 2.17. The normalized spacial score (nSPS) is 21.8. The predicted octanol–water partition coefficient (Wildman–Crippen LogP) is 2.50. The fraction of sp³-hybridized carbons (Fsp3) is 0.818. The van der Waals surface area contributed by atoms with Gasteiger partial charge in [-0.2, -0.15) is 0 Å². The molecule has 1 saturated carbocycles. The van der Waals surface area contributed by atoms with Crippen molar-refractivity contribution in [2.24, 2.45) is 5.16 Å². The predicted molar refractivity (Wildman–Crippen MR) is 66.1 cm³/mol. The first kappa shape index (κ1) is 16.2. The lowest BCUT2D eigenvalue weighted by Crippen LogP contribution is -2.18. The van der Waals surface area contributed by atoms with Crippen LogP contribution < -0.4 is 0 Å². The van der Waals surface area contributed by atoms with Gasteiger partial charge in [0.15, 0.2) is 0 Å². The summed E-state index contributed by atoms with van der Waals surface area (Å²) in [6, 6.07) is 0. The minimum atomic E-state index is -0.807. The van der Waals surface area contributed by atoms with Gasteiger partial charge in [-0.15, -0.1) is 11.6 Å². The molecule has 0 aromatic heterocycles. The summed E-state index contributed by atoms with van der Waals surface area (Å²) in [5.74, 6) is -0.807. The maximum Gasteiger partial charge on any atom is 0.305 e. The van der Waals surface area contributed by atoms with Crippen LogP contribution in [0.25, 0.3) is 0 Å². The average Bonchev–Trinajstić information content (AvgIpc) is 2.30. The summed E-state index contributed by atoms with van der Waals surface area (Å²) >= 11 is 5.79. The molecule has 1 rings (SSSR count). The SMILES string of the molecule is CCOCCC(=O)O.O/N=C1/CCCCC1Cl. The molecule has 0 amide bonds. The maximum atomic E-state index is 9.79. The second kappa shape index (κ2) is 10.4. The second-order valence-corrected chi connectivity index (χ2v) is 4.17. The molecule has 1 unspecified atom stereocenters. The second-order valence-electron chi connectivity index (χ2n) is 3.65. The fourth-order valence-corrected chi connectivity index (χ4v) is 1.68. The van der Waals surface area contributed by atoms with E-state index in [1.165, 1.54) is 0 Å². The van der Waals surface area contributed by atoms with Gasteiger partial charge in [0.2, 0.25) is 0 Å². The zero-order valence-corrected chi connectivity index (χ0v) is 10.8. The van der Waals surface area contributed by atoms with Gasteiger partial charge in [0.25, 0.3) is 0 Å². The summed E-state index contributed by atoms with van der Waals surface area (Å²) in [5.41, 5.74) is 0.753. The van der Waals surface area contributed by atoms with Crippen molar-refractivity contribution >= 4 is 23.3 Å². The Bertz CT molecular complexity index is 246. The van der Waals surface area contributed by atoms with E-state index in [-0.39, 0.29) is 11.8 Å². The third-order valence-corrected chi connectivity index (χ3v) is 2.77. The van der Waals surface area contributed by atoms with E-state index < -0.39 is 5.97 Å². The standard InChI is InChI=1S/C6H10ClNO.C5H10O3/c7-5-3-1-2-4-6(5)8-9;1-2-8-4-3-5(6)7/h5,9H,1-4H2;2-4H2,1H3,(H,6,7)/b8-6-;. The first-order valence-electron chi connectivity index (χ1n) is 5.76. The summed E-state index contributed by atoms with van der Waals surface area (Å²) in [6.45, 7) is 2.75. The molecule has 6 heteroatoms. The molecule has 1 fully saturated rings. The molecule has 0 radical (unpaired) electrons. The van der Waals surface area contributed by atoms with E-state index in [4.69, 9.17) is 26.7 Å². The summed E-state index contributed by atoms with van der Waals surface area (Å²) in [7, 11) is 0. The van der Waals surface area contributed by atoms with Crippen LogP contribution in [0.2, 0.25) is 0 Å². The number of hydrogen-bond donors (Lipinski definition) is 2. The van der Waals surface area contributed by atoms with Gasteiger partial charge in [-0.25, -0.2) is 0 Å². The highest BCUT2D eigenvalue weighted by Crippen LogP contribution is 2.19. The summed E-state index contributed by atoms with van der Waals surface area (Å²) in [6.07, 6.45) is 4.20. The van der Waals surface area contributed by atoms with Gasteiger partial charge in [-0.05, 0) is 26.2 Å². The minimum Gasteiger partial charge on any atom is -0.481 e. The van der Waals surface area contributed by atoms with E-state index in [2.05, 4.69) is 5.16 Å². The van der Waals surface area contributed by atoms with Crippen LogP contribution in [0.4, 0.5) is 0 Å². The minimum absolute atomic E-state index is 0.0104. The number of rotatable bonds is 4. The fourth-order valence-electron chi connectivity index (χ4n) is 1.37. The molecular formula is C11H20ClNO4. The van der Waals surface area contributed by atoms with Gasteiger partial charge < -0.3 is 15.1 Å². The number of ether oxygens (including phenoxy) is 1. The lowest BCUT2D eigenvalue weighted by molar-refractivity contribution is -0.138. The Kier molecular flexibility index (Phi) is 9.86. The topological polar surface area (TPSA) is 79.1 Å². The molecule has 5 nitrogen and oxygen atoms in total. The van der Waals surface area contributed by atoms with Gasteiger partial charge >= 0.3 is 5.97 Å². The van der Waals surface area contributed by atoms with Crippen LogP contribution >= 0.6 is 11.6 Å². The van der Waals surface area contributed by atoms with Crippen LogP contribution in [0.1, 0.15) is 39.0 Å². The molecule has 1 aliphatic carbocycles. The third kappa shape index (κ3) is 8.94. The quantitative estimate of drug-likeness (QED) is 0.354. The molecule has 0 heterocycles. The number of carboxylic acid groups (broad SMARTS) is 1. The van der Waals surface area contributed by atoms with Gasteiger partial charge in [0, 0.05) is 6.61 Å². The van der Waals surface area contributed by atoms with Crippen molar-refractivity contribution in [1.29, 1.82) is 0 Å². The van der Waals surface area contributed by atoms with E-state index in [1.54, 1.807) is 0 Å². The van der Waals surface area contributed by atoms with Crippen LogP contribution in [0, 0.1) is 0 Å². The molecule has 17 heavy (non-hydrogen) atoms. The third-order valence-electron chi connectivity index (χ3n) is 2.29. The van der Waals surface area contributed by atoms with Crippen LogP contribution in [0.5, 0.6) is 0 Å².